The number of nitrogens with one attached hydrogen (secondary N) is 1. The summed E-state index contributed by atoms with van der Waals surface area (Å²) in [6.45, 7) is 4.41. The van der Waals surface area contributed by atoms with Crippen molar-refractivity contribution in [1.82, 2.24) is 15.0 Å². The second kappa shape index (κ2) is 6.83. The zero-order valence-corrected chi connectivity index (χ0v) is 12.0. The number of nitrogen functional groups attached to an aromatic ring is 1. The van der Waals surface area contributed by atoms with Gasteiger partial charge in [0.15, 0.2) is 0 Å². The van der Waals surface area contributed by atoms with E-state index >= 15 is 0 Å². The number of ether oxygens (including phenoxy) is 1. The topological polar surface area (TPSA) is 86.0 Å². The molecule has 112 valence electrons. The van der Waals surface area contributed by atoms with Crippen molar-refractivity contribution in [3.63, 3.8) is 0 Å². The van der Waals surface area contributed by atoms with Crippen LogP contribution < -0.4 is 15.8 Å². The molecule has 1 heterocycles. The summed E-state index contributed by atoms with van der Waals surface area (Å²) in [5.74, 6) is 0.140. The fraction of sp³-hybridized carbons (Fsp3) is 0.357. The summed E-state index contributed by atoms with van der Waals surface area (Å²) in [4.78, 5) is 12.1. The molecule has 1 unspecified atom stereocenters. The zero-order chi connectivity index (χ0) is 15.2. The molecule has 21 heavy (non-hydrogen) atoms. The lowest BCUT2D eigenvalue weighted by atomic mass is 10.1. The van der Waals surface area contributed by atoms with Crippen molar-refractivity contribution in [2.75, 3.05) is 17.7 Å². The lowest BCUT2D eigenvalue weighted by molar-refractivity contribution is 0.292. The lowest BCUT2D eigenvalue weighted by Gasteiger charge is -2.14. The molecule has 0 saturated heterocycles. The van der Waals surface area contributed by atoms with E-state index in [1.165, 1.54) is 12.1 Å². The first kappa shape index (κ1) is 15.0. The van der Waals surface area contributed by atoms with Crippen LogP contribution in [0.1, 0.15) is 31.9 Å². The second-order valence-corrected chi connectivity index (χ2v) is 4.57. The van der Waals surface area contributed by atoms with E-state index in [0.717, 1.165) is 12.0 Å². The van der Waals surface area contributed by atoms with E-state index in [4.69, 9.17) is 10.5 Å². The first-order valence-corrected chi connectivity index (χ1v) is 6.75. The third kappa shape index (κ3) is 4.27. The van der Waals surface area contributed by atoms with E-state index in [0.29, 0.717) is 12.6 Å². The number of nitrogens with two attached hydrogens (primary N) is 1. The molecular weight excluding hydrogens is 273 g/mol. The SMILES string of the molecule is CCCOc1nc(N)nc(NC(C)c2ccc(F)cc2)n1. The summed E-state index contributed by atoms with van der Waals surface area (Å²) in [5.41, 5.74) is 6.54. The van der Waals surface area contributed by atoms with Gasteiger partial charge in [0, 0.05) is 0 Å². The van der Waals surface area contributed by atoms with E-state index in [2.05, 4.69) is 20.3 Å². The number of hydrogen-bond acceptors (Lipinski definition) is 6. The Labute approximate surface area is 122 Å². The molecule has 0 bridgehead atoms. The predicted molar refractivity (Wildman–Crippen MR) is 78.5 cm³/mol. The summed E-state index contributed by atoms with van der Waals surface area (Å²) < 4.78 is 18.3. The molecule has 2 rings (SSSR count). The highest BCUT2D eigenvalue weighted by molar-refractivity contribution is 5.36. The molecule has 3 N–H and O–H groups in total. The minimum absolute atomic E-state index is 0.0879. The maximum atomic E-state index is 12.9. The average molecular weight is 291 g/mol. The Kier molecular flexibility index (Phi) is 4.86. The Morgan fingerprint density at radius 2 is 1.95 bits per heavy atom. The van der Waals surface area contributed by atoms with Gasteiger partial charge in [0.05, 0.1) is 12.6 Å². The van der Waals surface area contributed by atoms with Gasteiger partial charge in [-0.3, -0.25) is 0 Å². The molecule has 0 aliphatic rings. The third-order valence-electron chi connectivity index (χ3n) is 2.78. The van der Waals surface area contributed by atoms with Crippen LogP contribution in [0.5, 0.6) is 6.01 Å². The van der Waals surface area contributed by atoms with Gasteiger partial charge in [-0.2, -0.15) is 15.0 Å². The molecule has 0 spiro atoms. The molecule has 6 nitrogen and oxygen atoms in total. The molecule has 0 amide bonds. The van der Waals surface area contributed by atoms with Gasteiger partial charge in [0.25, 0.3) is 0 Å². The van der Waals surface area contributed by atoms with Crippen molar-refractivity contribution >= 4 is 11.9 Å². The van der Waals surface area contributed by atoms with E-state index in [-0.39, 0.29) is 23.8 Å². The van der Waals surface area contributed by atoms with Gasteiger partial charge in [-0.1, -0.05) is 19.1 Å². The summed E-state index contributed by atoms with van der Waals surface area (Å²) in [5, 5.41) is 3.09. The van der Waals surface area contributed by atoms with Crippen LogP contribution in [0, 0.1) is 5.82 Å². The van der Waals surface area contributed by atoms with E-state index in [9.17, 15) is 4.39 Å². The predicted octanol–water partition coefficient (Wildman–Crippen LogP) is 2.55. The maximum Gasteiger partial charge on any atom is 0.323 e. The first-order valence-electron chi connectivity index (χ1n) is 6.75. The van der Waals surface area contributed by atoms with E-state index in [1.807, 2.05) is 13.8 Å². The quantitative estimate of drug-likeness (QED) is 0.850. The van der Waals surface area contributed by atoms with Crippen LogP contribution in [0.2, 0.25) is 0 Å². The Balaban J connectivity index is 2.10. The van der Waals surface area contributed by atoms with Crippen LogP contribution >= 0.6 is 0 Å². The van der Waals surface area contributed by atoms with Crippen LogP contribution in [0.15, 0.2) is 24.3 Å². The average Bonchev–Trinajstić information content (AvgIpc) is 2.45. The maximum absolute atomic E-state index is 12.9. The van der Waals surface area contributed by atoms with Crippen LogP contribution in [0.25, 0.3) is 0 Å². The smallest absolute Gasteiger partial charge is 0.323 e. The highest BCUT2D eigenvalue weighted by Crippen LogP contribution is 2.18. The largest absolute Gasteiger partial charge is 0.463 e. The van der Waals surface area contributed by atoms with Gasteiger partial charge < -0.3 is 15.8 Å². The van der Waals surface area contributed by atoms with Crippen LogP contribution in [0.4, 0.5) is 16.3 Å². The van der Waals surface area contributed by atoms with Crippen molar-refractivity contribution in [1.29, 1.82) is 0 Å². The highest BCUT2D eigenvalue weighted by Gasteiger charge is 2.10. The third-order valence-corrected chi connectivity index (χ3v) is 2.78. The summed E-state index contributed by atoms with van der Waals surface area (Å²) in [6.07, 6.45) is 0.848. The summed E-state index contributed by atoms with van der Waals surface area (Å²) in [7, 11) is 0. The van der Waals surface area contributed by atoms with Gasteiger partial charge >= 0.3 is 6.01 Å². The molecule has 0 fully saturated rings. The Hall–Kier alpha value is -2.44. The minimum atomic E-state index is -0.273. The Morgan fingerprint density at radius 1 is 1.24 bits per heavy atom. The summed E-state index contributed by atoms with van der Waals surface area (Å²) >= 11 is 0. The molecule has 1 aromatic heterocycles. The second-order valence-electron chi connectivity index (χ2n) is 4.57. The zero-order valence-electron chi connectivity index (χ0n) is 12.0. The van der Waals surface area contributed by atoms with E-state index in [1.54, 1.807) is 12.1 Å². The van der Waals surface area contributed by atoms with Crippen molar-refractivity contribution in [2.45, 2.75) is 26.3 Å². The number of aromatic nitrogens is 3. The Morgan fingerprint density at radius 3 is 2.62 bits per heavy atom. The van der Waals surface area contributed by atoms with Crippen molar-refractivity contribution in [2.24, 2.45) is 0 Å². The van der Waals surface area contributed by atoms with Crippen molar-refractivity contribution in [3.05, 3.63) is 35.6 Å². The monoisotopic (exact) mass is 291 g/mol. The van der Waals surface area contributed by atoms with Gasteiger partial charge in [-0.25, -0.2) is 4.39 Å². The van der Waals surface area contributed by atoms with Crippen LogP contribution in [-0.2, 0) is 0 Å². The number of anilines is 2. The number of nitrogens with zero attached hydrogens (tertiary/aromatic N) is 3. The minimum Gasteiger partial charge on any atom is -0.463 e. The highest BCUT2D eigenvalue weighted by atomic mass is 19.1. The molecule has 0 aliphatic heterocycles. The van der Waals surface area contributed by atoms with Gasteiger partial charge in [-0.15, -0.1) is 0 Å². The molecule has 0 saturated carbocycles. The number of rotatable bonds is 6. The first-order chi connectivity index (χ1) is 10.1. The molecule has 0 aliphatic carbocycles. The molecule has 1 atom stereocenters. The number of halogens is 1. The van der Waals surface area contributed by atoms with Crippen molar-refractivity contribution < 1.29 is 9.13 Å². The fourth-order valence-electron chi connectivity index (χ4n) is 1.72. The number of hydrogen-bond donors (Lipinski definition) is 2. The van der Waals surface area contributed by atoms with Gasteiger partial charge in [0.2, 0.25) is 11.9 Å². The van der Waals surface area contributed by atoms with Gasteiger partial charge in [0.1, 0.15) is 5.82 Å². The molecule has 7 heteroatoms. The Bertz CT molecular complexity index is 590. The normalized spacial score (nSPS) is 12.0. The fourth-order valence-corrected chi connectivity index (χ4v) is 1.72. The van der Waals surface area contributed by atoms with Crippen LogP contribution in [0.3, 0.4) is 0 Å². The molecule has 2 aromatic rings. The molecule has 0 radical (unpaired) electrons. The molecular formula is C14H18FN5O. The van der Waals surface area contributed by atoms with Crippen molar-refractivity contribution in [3.8, 4) is 6.01 Å². The van der Waals surface area contributed by atoms with Crippen LogP contribution in [-0.4, -0.2) is 21.6 Å². The molecule has 1 aromatic carbocycles. The standard InChI is InChI=1S/C14H18FN5O/c1-3-8-21-14-19-12(16)18-13(20-14)17-9(2)10-4-6-11(15)7-5-10/h4-7,9H,3,8H2,1-2H3,(H3,16,17,18,19,20). The van der Waals surface area contributed by atoms with E-state index < -0.39 is 0 Å². The number of benzene rings is 1. The summed E-state index contributed by atoms with van der Waals surface area (Å²) in [6, 6.07) is 6.30. The van der Waals surface area contributed by atoms with Gasteiger partial charge in [-0.05, 0) is 31.0 Å². The lowest BCUT2D eigenvalue weighted by Crippen LogP contribution is -2.12.